The van der Waals surface area contributed by atoms with E-state index in [0.717, 1.165) is 17.6 Å². The molecule has 2 heterocycles. The molecule has 4 rings (SSSR count). The zero-order valence-electron chi connectivity index (χ0n) is 16.3. The van der Waals surface area contributed by atoms with Crippen molar-refractivity contribution in [1.29, 1.82) is 0 Å². The van der Waals surface area contributed by atoms with E-state index in [1.54, 1.807) is 0 Å². The quantitative estimate of drug-likeness (QED) is 0.423. The third-order valence-corrected chi connectivity index (χ3v) is 5.10. The molecule has 4 aromatic rings. The second-order valence-electron chi connectivity index (χ2n) is 7.87. The summed E-state index contributed by atoms with van der Waals surface area (Å²) in [7, 11) is 2.13. The van der Waals surface area contributed by atoms with Gasteiger partial charge in [-0.15, -0.1) is 0 Å². The minimum Gasteiger partial charge on any atom is -0.455 e. The van der Waals surface area contributed by atoms with Crippen LogP contribution in [0, 0.1) is 19.8 Å². The number of benzene rings is 2. The topological polar surface area (TPSA) is 17.0 Å². The van der Waals surface area contributed by atoms with Gasteiger partial charge in [-0.05, 0) is 49.9 Å². The number of hydrogen-bond donors (Lipinski definition) is 0. The highest BCUT2D eigenvalue weighted by molar-refractivity contribution is 6.09. The van der Waals surface area contributed by atoms with E-state index in [1.165, 1.54) is 38.7 Å². The first-order valence-corrected chi connectivity index (χ1v) is 9.35. The van der Waals surface area contributed by atoms with Gasteiger partial charge in [-0.25, -0.2) is 4.57 Å². The maximum absolute atomic E-state index is 6.31. The second-order valence-corrected chi connectivity index (χ2v) is 7.87. The molecule has 26 heavy (non-hydrogen) atoms. The van der Waals surface area contributed by atoms with Gasteiger partial charge in [-0.2, -0.15) is 0 Å². The van der Waals surface area contributed by atoms with Crippen LogP contribution in [0.1, 0.15) is 30.5 Å². The van der Waals surface area contributed by atoms with Gasteiger partial charge in [0.2, 0.25) is 5.69 Å². The van der Waals surface area contributed by atoms with Crippen LogP contribution in [0.15, 0.2) is 53.1 Å². The number of pyridine rings is 1. The highest BCUT2D eigenvalue weighted by Gasteiger charge is 2.20. The number of hydrogen-bond acceptors (Lipinski definition) is 1. The summed E-state index contributed by atoms with van der Waals surface area (Å²) in [5, 5.41) is 2.39. The molecule has 0 aliphatic carbocycles. The molecule has 2 heteroatoms. The van der Waals surface area contributed by atoms with Crippen molar-refractivity contribution in [2.75, 3.05) is 0 Å². The summed E-state index contributed by atoms with van der Waals surface area (Å²) in [6.07, 6.45) is 3.35. The van der Waals surface area contributed by atoms with Gasteiger partial charge in [0.15, 0.2) is 6.20 Å². The largest absolute Gasteiger partial charge is 0.455 e. The molecule has 0 unspecified atom stereocenters. The molecule has 0 N–H and O–H groups in total. The number of rotatable bonds is 3. The molecule has 0 saturated carbocycles. The Morgan fingerprint density at radius 2 is 1.77 bits per heavy atom. The second kappa shape index (κ2) is 6.28. The summed E-state index contributed by atoms with van der Waals surface area (Å²) in [6.45, 7) is 8.81. The van der Waals surface area contributed by atoms with E-state index in [2.05, 4.69) is 88.0 Å². The van der Waals surface area contributed by atoms with Crippen LogP contribution in [0.5, 0.6) is 0 Å². The average Bonchev–Trinajstić information content (AvgIpc) is 2.93. The van der Waals surface area contributed by atoms with E-state index >= 15 is 0 Å². The van der Waals surface area contributed by atoms with Crippen molar-refractivity contribution in [3.05, 3.63) is 65.4 Å². The SMILES string of the molecule is Cc1ccc2oc3c(-c4ccc(CC(C)C)c[n+]4C)c(C)ccc3c2c1. The molecular formula is C24H26NO+. The van der Waals surface area contributed by atoms with Gasteiger partial charge in [-0.3, -0.25) is 0 Å². The Morgan fingerprint density at radius 1 is 0.962 bits per heavy atom. The van der Waals surface area contributed by atoms with Crippen LogP contribution >= 0.6 is 0 Å². The van der Waals surface area contributed by atoms with E-state index in [4.69, 9.17) is 4.42 Å². The molecule has 2 aromatic carbocycles. The Labute approximate surface area is 155 Å². The Balaban J connectivity index is 1.96. The summed E-state index contributed by atoms with van der Waals surface area (Å²) >= 11 is 0. The van der Waals surface area contributed by atoms with Crippen LogP contribution in [-0.2, 0) is 13.5 Å². The maximum atomic E-state index is 6.31. The summed E-state index contributed by atoms with van der Waals surface area (Å²) < 4.78 is 8.54. The molecule has 0 radical (unpaired) electrons. The number of furan rings is 1. The Morgan fingerprint density at radius 3 is 2.50 bits per heavy atom. The Hall–Kier alpha value is -2.61. The van der Waals surface area contributed by atoms with Gasteiger partial charge in [0.25, 0.3) is 0 Å². The van der Waals surface area contributed by atoms with Crippen molar-refractivity contribution in [3.8, 4) is 11.3 Å². The number of nitrogens with zero attached hydrogens (tertiary/aromatic N) is 1. The lowest BCUT2D eigenvalue weighted by Crippen LogP contribution is -2.31. The molecule has 0 fully saturated rings. The zero-order valence-corrected chi connectivity index (χ0v) is 16.3. The average molecular weight is 344 g/mol. The smallest absolute Gasteiger partial charge is 0.216 e. The van der Waals surface area contributed by atoms with Crippen molar-refractivity contribution in [1.82, 2.24) is 0 Å². The number of aromatic nitrogens is 1. The van der Waals surface area contributed by atoms with Crippen molar-refractivity contribution in [2.24, 2.45) is 13.0 Å². The minimum absolute atomic E-state index is 0.657. The first kappa shape index (κ1) is 16.8. The van der Waals surface area contributed by atoms with Crippen LogP contribution in [0.3, 0.4) is 0 Å². The molecule has 0 atom stereocenters. The molecule has 0 saturated heterocycles. The Kier molecular flexibility index (Phi) is 4.07. The lowest BCUT2D eigenvalue weighted by molar-refractivity contribution is -0.660. The van der Waals surface area contributed by atoms with Crippen molar-refractivity contribution < 1.29 is 8.98 Å². The summed E-state index contributed by atoms with van der Waals surface area (Å²) in [5.74, 6) is 0.657. The van der Waals surface area contributed by atoms with Gasteiger partial charge in [0, 0.05) is 22.4 Å². The third kappa shape index (κ3) is 2.80. The fourth-order valence-electron chi connectivity index (χ4n) is 3.89. The highest BCUT2D eigenvalue weighted by Crippen LogP contribution is 2.37. The molecule has 132 valence electrons. The van der Waals surface area contributed by atoms with Crippen molar-refractivity contribution in [2.45, 2.75) is 34.1 Å². The molecule has 2 aromatic heterocycles. The van der Waals surface area contributed by atoms with Gasteiger partial charge in [-0.1, -0.05) is 37.6 Å². The Bertz CT molecular complexity index is 1120. The van der Waals surface area contributed by atoms with Crippen LogP contribution in [0.2, 0.25) is 0 Å². The standard InChI is InChI=1S/C24H26NO/c1-15(2)12-18-8-10-21(25(5)14-18)23-17(4)7-9-19-20-13-16(3)6-11-22(20)26-24(19)23/h6-11,13-15H,12H2,1-5H3/q+1. The van der Waals surface area contributed by atoms with Gasteiger partial charge in [0.1, 0.15) is 18.2 Å². The zero-order chi connectivity index (χ0) is 18.4. The summed E-state index contributed by atoms with van der Waals surface area (Å²) in [5.41, 5.74) is 8.18. The fourth-order valence-corrected chi connectivity index (χ4v) is 3.89. The number of aryl methyl sites for hydroxylation is 3. The first-order chi connectivity index (χ1) is 12.4. The van der Waals surface area contributed by atoms with Crippen LogP contribution < -0.4 is 4.57 Å². The van der Waals surface area contributed by atoms with E-state index in [1.807, 2.05) is 0 Å². The van der Waals surface area contributed by atoms with Gasteiger partial charge in [0.05, 0.1) is 5.56 Å². The van der Waals surface area contributed by atoms with E-state index in [-0.39, 0.29) is 0 Å². The van der Waals surface area contributed by atoms with Crippen molar-refractivity contribution in [3.63, 3.8) is 0 Å². The molecule has 0 amide bonds. The molecule has 0 aliphatic rings. The number of fused-ring (bicyclic) bond motifs is 3. The van der Waals surface area contributed by atoms with Crippen LogP contribution in [-0.4, -0.2) is 0 Å². The van der Waals surface area contributed by atoms with Gasteiger partial charge < -0.3 is 4.42 Å². The molecule has 0 bridgehead atoms. The molecular weight excluding hydrogens is 318 g/mol. The maximum Gasteiger partial charge on any atom is 0.216 e. The minimum atomic E-state index is 0.657. The van der Waals surface area contributed by atoms with Crippen molar-refractivity contribution >= 4 is 21.9 Å². The van der Waals surface area contributed by atoms with E-state index < -0.39 is 0 Å². The monoisotopic (exact) mass is 344 g/mol. The predicted molar refractivity (Wildman–Crippen MR) is 108 cm³/mol. The molecule has 0 aliphatic heterocycles. The summed E-state index contributed by atoms with van der Waals surface area (Å²) in [6, 6.07) is 15.3. The fraction of sp³-hybridized carbons (Fsp3) is 0.292. The first-order valence-electron chi connectivity index (χ1n) is 9.35. The highest BCUT2D eigenvalue weighted by atomic mass is 16.3. The van der Waals surface area contributed by atoms with Gasteiger partial charge >= 0.3 is 0 Å². The lowest BCUT2D eigenvalue weighted by Gasteiger charge is -2.08. The predicted octanol–water partition coefficient (Wildman–Crippen LogP) is 5.89. The molecule has 2 nitrogen and oxygen atoms in total. The third-order valence-electron chi connectivity index (χ3n) is 5.10. The normalized spacial score (nSPS) is 11.8. The van der Waals surface area contributed by atoms with Crippen LogP contribution in [0.25, 0.3) is 33.2 Å². The lowest BCUT2D eigenvalue weighted by atomic mass is 9.99. The molecule has 0 spiro atoms. The van der Waals surface area contributed by atoms with E-state index in [0.29, 0.717) is 5.92 Å². The van der Waals surface area contributed by atoms with E-state index in [9.17, 15) is 0 Å². The summed E-state index contributed by atoms with van der Waals surface area (Å²) in [4.78, 5) is 0. The van der Waals surface area contributed by atoms with Crippen LogP contribution in [0.4, 0.5) is 0 Å².